The summed E-state index contributed by atoms with van der Waals surface area (Å²) in [7, 11) is 0. The summed E-state index contributed by atoms with van der Waals surface area (Å²) in [6.07, 6.45) is 6.79. The number of aliphatic carboxylic acids is 5. The van der Waals surface area contributed by atoms with E-state index in [1.807, 2.05) is 69.2 Å². The van der Waals surface area contributed by atoms with Crippen molar-refractivity contribution in [1.82, 2.24) is 0 Å². The molecule has 0 aliphatic carbocycles. The first-order valence-electron chi connectivity index (χ1n) is 14.6. The molecule has 0 aromatic heterocycles. The van der Waals surface area contributed by atoms with Crippen LogP contribution < -0.4 is 25.5 Å². The van der Waals surface area contributed by atoms with Crippen molar-refractivity contribution < 1.29 is 71.9 Å². The Morgan fingerprint density at radius 1 is 0.317 bits per heavy atom. The molecule has 41 heavy (non-hydrogen) atoms. The molecule has 0 radical (unpaired) electrons. The zero-order valence-corrected chi connectivity index (χ0v) is 30.2. The molecule has 0 N–H and O–H groups in total. The fourth-order valence-electron chi connectivity index (χ4n) is 3.11. The normalized spacial score (nSPS) is 9.63. The SMILES string of the molecule is CCC(CC)C(=O)[O-].CCC(CC)C(=O)[O-].CCC(CC)C(=O)[O-].CCC(CC)C(=O)[O-].CCC(CC)C(=O)[O-].[Ta+5]. The molecule has 240 valence electrons. The Morgan fingerprint density at radius 3 is 0.390 bits per heavy atom. The fraction of sp³-hybridized carbons (Fsp3) is 0.833. The first kappa shape index (κ1) is 51.8. The van der Waals surface area contributed by atoms with Crippen molar-refractivity contribution in [2.75, 3.05) is 0 Å². The summed E-state index contributed by atoms with van der Waals surface area (Å²) < 4.78 is 0. The number of carboxylic acid groups (broad SMARTS) is 5. The maximum atomic E-state index is 10.1. The van der Waals surface area contributed by atoms with E-state index in [0.29, 0.717) is 64.2 Å². The molecule has 0 unspecified atom stereocenters. The molecule has 0 heterocycles. The average Bonchev–Trinajstić information content (AvgIpc) is 2.88. The minimum Gasteiger partial charge on any atom is -0.550 e. The second-order valence-corrected chi connectivity index (χ2v) is 9.16. The van der Waals surface area contributed by atoms with E-state index in [-0.39, 0.29) is 52.0 Å². The molecule has 0 aromatic rings. The quantitative estimate of drug-likeness (QED) is 0.231. The van der Waals surface area contributed by atoms with Gasteiger partial charge in [-0.2, -0.15) is 0 Å². The molecule has 0 fully saturated rings. The first-order chi connectivity index (χ1) is 18.6. The van der Waals surface area contributed by atoms with Crippen LogP contribution in [0.15, 0.2) is 0 Å². The van der Waals surface area contributed by atoms with E-state index in [0.717, 1.165) is 0 Å². The molecule has 11 heteroatoms. The number of carbonyl (C=O) groups excluding carboxylic acids is 5. The Hall–Kier alpha value is -1.91. The Morgan fingerprint density at radius 2 is 0.390 bits per heavy atom. The summed E-state index contributed by atoms with van der Waals surface area (Å²) in [5, 5.41) is 50.3. The fourth-order valence-corrected chi connectivity index (χ4v) is 3.11. The molecule has 0 aliphatic rings. The van der Waals surface area contributed by atoms with Crippen LogP contribution in [-0.2, 0) is 46.4 Å². The largest absolute Gasteiger partial charge is 5.00 e. The minimum atomic E-state index is -0.921. The van der Waals surface area contributed by atoms with Crippen LogP contribution in [0.1, 0.15) is 133 Å². The third-order valence-electron chi connectivity index (χ3n) is 6.59. The molecule has 0 saturated heterocycles. The molecule has 0 atom stereocenters. The van der Waals surface area contributed by atoms with Crippen LogP contribution in [0, 0.1) is 29.6 Å². The zero-order chi connectivity index (χ0) is 32.8. The van der Waals surface area contributed by atoms with Crippen molar-refractivity contribution in [2.45, 2.75) is 133 Å². The van der Waals surface area contributed by atoms with E-state index in [4.69, 9.17) is 0 Å². The maximum Gasteiger partial charge on any atom is 5.00 e. The first-order valence-corrected chi connectivity index (χ1v) is 14.6. The van der Waals surface area contributed by atoms with Gasteiger partial charge in [0.1, 0.15) is 0 Å². The number of hydrogen-bond donors (Lipinski definition) is 0. The van der Waals surface area contributed by atoms with Gasteiger partial charge in [-0.05, 0) is 93.8 Å². The van der Waals surface area contributed by atoms with Gasteiger partial charge >= 0.3 is 22.4 Å². The van der Waals surface area contributed by atoms with Gasteiger partial charge in [-0.25, -0.2) is 0 Å². The third-order valence-corrected chi connectivity index (χ3v) is 6.59. The molecular formula is C30H55O10Ta. The van der Waals surface area contributed by atoms with Crippen molar-refractivity contribution in [3.05, 3.63) is 0 Å². The Kier molecular flexibility index (Phi) is 45.6. The molecule has 0 aromatic carbocycles. The van der Waals surface area contributed by atoms with Crippen LogP contribution in [0.4, 0.5) is 0 Å². The van der Waals surface area contributed by atoms with Gasteiger partial charge in [-0.3, -0.25) is 0 Å². The maximum absolute atomic E-state index is 10.1. The predicted octanol–water partition coefficient (Wildman–Crippen LogP) is 0.860. The summed E-state index contributed by atoms with van der Waals surface area (Å²) in [5.74, 6) is -5.81. The van der Waals surface area contributed by atoms with Gasteiger partial charge in [0.25, 0.3) is 0 Å². The van der Waals surface area contributed by atoms with E-state index in [1.54, 1.807) is 0 Å². The van der Waals surface area contributed by atoms with Crippen molar-refractivity contribution in [1.29, 1.82) is 0 Å². The predicted molar refractivity (Wildman–Crippen MR) is 145 cm³/mol. The van der Waals surface area contributed by atoms with Crippen LogP contribution >= 0.6 is 0 Å². The Balaban J connectivity index is -0.0000000928. The molecule has 10 nitrogen and oxygen atoms in total. The Labute approximate surface area is 264 Å². The number of carboxylic acids is 5. The van der Waals surface area contributed by atoms with Crippen LogP contribution in [0.5, 0.6) is 0 Å². The smallest absolute Gasteiger partial charge is 0.550 e. The number of hydrogen-bond acceptors (Lipinski definition) is 10. The van der Waals surface area contributed by atoms with Crippen LogP contribution in [0.2, 0.25) is 0 Å². The second kappa shape index (κ2) is 36.1. The number of rotatable bonds is 15. The Bertz CT molecular complexity index is 507. The summed E-state index contributed by atoms with van der Waals surface area (Å²) in [6.45, 7) is 18.5. The summed E-state index contributed by atoms with van der Waals surface area (Å²) in [6, 6.07) is 0. The van der Waals surface area contributed by atoms with Gasteiger partial charge in [-0.1, -0.05) is 69.2 Å². The van der Waals surface area contributed by atoms with Crippen molar-refractivity contribution in [3.63, 3.8) is 0 Å². The van der Waals surface area contributed by atoms with Gasteiger partial charge in [-0.15, -0.1) is 0 Å². The van der Waals surface area contributed by atoms with E-state index >= 15 is 0 Å². The monoisotopic (exact) mass is 756 g/mol. The summed E-state index contributed by atoms with van der Waals surface area (Å²) >= 11 is 0. The van der Waals surface area contributed by atoms with E-state index in [2.05, 4.69) is 0 Å². The standard InChI is InChI=1S/5C6H12O2.Ta/c5*1-3-5(4-2)6(7)8;/h5*5H,3-4H2,1-2H3,(H,7,8);/q;;;;;+5/p-5. The summed E-state index contributed by atoms with van der Waals surface area (Å²) in [4.78, 5) is 50.3. The molecule has 0 spiro atoms. The van der Waals surface area contributed by atoms with Crippen LogP contribution in [-0.4, -0.2) is 29.8 Å². The van der Waals surface area contributed by atoms with Crippen LogP contribution in [0.3, 0.4) is 0 Å². The summed E-state index contributed by atoms with van der Waals surface area (Å²) in [5.41, 5.74) is 0. The van der Waals surface area contributed by atoms with Gasteiger partial charge < -0.3 is 49.5 Å². The second-order valence-electron chi connectivity index (χ2n) is 9.16. The van der Waals surface area contributed by atoms with Crippen molar-refractivity contribution >= 4 is 29.8 Å². The molecule has 0 saturated carbocycles. The zero-order valence-electron chi connectivity index (χ0n) is 27.0. The molecule has 0 bridgehead atoms. The third kappa shape index (κ3) is 34.2. The van der Waals surface area contributed by atoms with Crippen molar-refractivity contribution in [3.8, 4) is 0 Å². The van der Waals surface area contributed by atoms with E-state index in [1.165, 1.54) is 0 Å². The average molecular weight is 757 g/mol. The van der Waals surface area contributed by atoms with Crippen LogP contribution in [0.25, 0.3) is 0 Å². The van der Waals surface area contributed by atoms with Gasteiger partial charge in [0, 0.05) is 29.8 Å². The molecular weight excluding hydrogens is 701 g/mol. The van der Waals surface area contributed by atoms with E-state index < -0.39 is 29.8 Å². The topological polar surface area (TPSA) is 201 Å². The molecule has 0 amide bonds. The van der Waals surface area contributed by atoms with E-state index in [9.17, 15) is 49.5 Å². The minimum absolute atomic E-state index is 0. The molecule has 0 rings (SSSR count). The van der Waals surface area contributed by atoms with Crippen molar-refractivity contribution in [2.24, 2.45) is 29.6 Å². The molecule has 0 aliphatic heterocycles. The van der Waals surface area contributed by atoms with Gasteiger partial charge in [0.15, 0.2) is 0 Å². The van der Waals surface area contributed by atoms with Gasteiger partial charge in [0.05, 0.1) is 0 Å². The van der Waals surface area contributed by atoms with Gasteiger partial charge in [0.2, 0.25) is 0 Å². The number of carbonyl (C=O) groups is 5.